The molecule has 0 bridgehead atoms. The maximum absolute atomic E-state index is 13.1. The maximum atomic E-state index is 13.1. The first kappa shape index (κ1) is 21.2. The molecule has 1 fully saturated rings. The van der Waals surface area contributed by atoms with Crippen molar-refractivity contribution in [2.75, 3.05) is 18.9 Å². The molecule has 0 radical (unpaired) electrons. The van der Waals surface area contributed by atoms with Gasteiger partial charge in [-0.2, -0.15) is 13.2 Å². The van der Waals surface area contributed by atoms with E-state index in [4.69, 9.17) is 10.5 Å². The minimum absolute atomic E-state index is 0.0462. The summed E-state index contributed by atoms with van der Waals surface area (Å²) in [7, 11) is 0. The molecule has 33 heavy (non-hydrogen) atoms. The minimum atomic E-state index is -4.47. The highest BCUT2D eigenvalue weighted by Gasteiger charge is 2.31. The number of amides is 1. The van der Waals surface area contributed by atoms with Gasteiger partial charge in [-0.15, -0.1) is 0 Å². The van der Waals surface area contributed by atoms with Crippen LogP contribution in [0.5, 0.6) is 0 Å². The lowest BCUT2D eigenvalue weighted by Crippen LogP contribution is -2.32. The van der Waals surface area contributed by atoms with Gasteiger partial charge in [0.1, 0.15) is 16.9 Å². The Morgan fingerprint density at radius 2 is 1.82 bits per heavy atom. The van der Waals surface area contributed by atoms with Crippen LogP contribution >= 0.6 is 0 Å². The van der Waals surface area contributed by atoms with Crippen LogP contribution in [-0.4, -0.2) is 39.7 Å². The summed E-state index contributed by atoms with van der Waals surface area (Å²) in [5.74, 6) is -0.395. The Hall–Kier alpha value is -3.66. The second kappa shape index (κ2) is 8.04. The Balaban J connectivity index is 1.64. The van der Waals surface area contributed by atoms with Crippen LogP contribution < -0.4 is 11.1 Å². The van der Waals surface area contributed by atoms with Crippen molar-refractivity contribution >= 4 is 33.9 Å². The quantitative estimate of drug-likeness (QED) is 0.484. The standard InChI is InChI=1S/C23H20F3N5O2/c24-23(25,26)13-7-9-14(10-8-13)31-20(27)18(22(32)28-12-15-4-3-11-33-15)19-21(31)30-17-6-2-1-5-16(17)29-19/h1-2,5-10,15H,3-4,11-12,27H2,(H,28,32)/t15-/m1/s1. The van der Waals surface area contributed by atoms with Crippen LogP contribution in [0.15, 0.2) is 48.5 Å². The van der Waals surface area contributed by atoms with Crippen LogP contribution in [0, 0.1) is 0 Å². The van der Waals surface area contributed by atoms with Crippen molar-refractivity contribution in [3.05, 3.63) is 59.7 Å². The van der Waals surface area contributed by atoms with E-state index >= 15 is 0 Å². The summed E-state index contributed by atoms with van der Waals surface area (Å²) in [4.78, 5) is 22.4. The van der Waals surface area contributed by atoms with Gasteiger partial charge in [-0.1, -0.05) is 12.1 Å². The van der Waals surface area contributed by atoms with E-state index in [1.54, 1.807) is 24.3 Å². The van der Waals surface area contributed by atoms with E-state index in [-0.39, 0.29) is 28.6 Å². The summed E-state index contributed by atoms with van der Waals surface area (Å²) in [6.45, 7) is 0.986. The molecular formula is C23H20F3N5O2. The molecule has 1 saturated heterocycles. The largest absolute Gasteiger partial charge is 0.416 e. The van der Waals surface area contributed by atoms with Gasteiger partial charge in [0.15, 0.2) is 5.65 Å². The van der Waals surface area contributed by atoms with Gasteiger partial charge in [-0.3, -0.25) is 9.36 Å². The molecule has 10 heteroatoms. The topological polar surface area (TPSA) is 95.1 Å². The normalized spacial score (nSPS) is 16.5. The molecule has 2 aromatic heterocycles. The van der Waals surface area contributed by atoms with E-state index in [1.165, 1.54) is 16.7 Å². The predicted octanol–water partition coefficient (Wildman–Crippen LogP) is 4.08. The smallest absolute Gasteiger partial charge is 0.384 e. The number of nitrogens with one attached hydrogen (secondary N) is 1. The summed E-state index contributed by atoms with van der Waals surface area (Å²) in [5, 5.41) is 2.84. The molecule has 4 aromatic rings. The molecule has 0 aliphatic carbocycles. The fraction of sp³-hybridized carbons (Fsp3) is 0.261. The predicted molar refractivity (Wildman–Crippen MR) is 117 cm³/mol. The third-order valence-electron chi connectivity index (χ3n) is 5.69. The minimum Gasteiger partial charge on any atom is -0.384 e. The van der Waals surface area contributed by atoms with Crippen LogP contribution in [0.25, 0.3) is 27.9 Å². The molecule has 0 spiro atoms. The number of nitrogen functional groups attached to an aromatic ring is 1. The van der Waals surface area contributed by atoms with Gasteiger partial charge >= 0.3 is 6.18 Å². The number of carbonyl (C=O) groups excluding carboxylic acids is 1. The highest BCUT2D eigenvalue weighted by Crippen LogP contribution is 2.33. The van der Waals surface area contributed by atoms with Gasteiger partial charge < -0.3 is 15.8 Å². The Morgan fingerprint density at radius 1 is 1.12 bits per heavy atom. The lowest BCUT2D eigenvalue weighted by atomic mass is 10.2. The molecule has 1 aliphatic rings. The molecule has 0 saturated carbocycles. The number of halogens is 3. The van der Waals surface area contributed by atoms with Crippen molar-refractivity contribution in [2.45, 2.75) is 25.1 Å². The molecule has 7 nitrogen and oxygen atoms in total. The second-order valence-electron chi connectivity index (χ2n) is 7.87. The van der Waals surface area contributed by atoms with Gasteiger partial charge in [-0.25, -0.2) is 9.97 Å². The average Bonchev–Trinajstić information content (AvgIpc) is 3.41. The zero-order valence-corrected chi connectivity index (χ0v) is 17.4. The number of benzene rings is 2. The molecule has 1 atom stereocenters. The number of nitrogens with two attached hydrogens (primary N) is 1. The van der Waals surface area contributed by atoms with E-state index < -0.39 is 17.6 Å². The SMILES string of the molecule is Nc1c(C(=O)NC[C@H]2CCCO2)c2nc3ccccc3nc2n1-c1ccc(C(F)(F)F)cc1. The Kier molecular flexibility index (Phi) is 5.16. The maximum Gasteiger partial charge on any atom is 0.416 e. The van der Waals surface area contributed by atoms with Crippen molar-refractivity contribution in [3.63, 3.8) is 0 Å². The highest BCUT2D eigenvalue weighted by molar-refractivity contribution is 6.11. The van der Waals surface area contributed by atoms with Crippen LogP contribution in [0.2, 0.25) is 0 Å². The number of carbonyl (C=O) groups is 1. The molecule has 5 rings (SSSR count). The Labute approximate surface area is 186 Å². The monoisotopic (exact) mass is 455 g/mol. The summed E-state index contributed by atoms with van der Waals surface area (Å²) < 4.78 is 46.1. The summed E-state index contributed by atoms with van der Waals surface area (Å²) in [5.41, 5.74) is 7.77. The number of para-hydroxylation sites is 2. The van der Waals surface area contributed by atoms with E-state index in [0.717, 1.165) is 25.0 Å². The van der Waals surface area contributed by atoms with E-state index in [2.05, 4.69) is 15.3 Å². The van der Waals surface area contributed by atoms with Gasteiger partial charge in [-0.05, 0) is 49.2 Å². The molecule has 3 heterocycles. The van der Waals surface area contributed by atoms with Gasteiger partial charge in [0.2, 0.25) is 0 Å². The molecular weight excluding hydrogens is 435 g/mol. The number of nitrogens with zero attached hydrogens (tertiary/aromatic N) is 3. The van der Waals surface area contributed by atoms with E-state index in [9.17, 15) is 18.0 Å². The number of fused-ring (bicyclic) bond motifs is 2. The third kappa shape index (κ3) is 3.86. The molecule has 2 aromatic carbocycles. The zero-order valence-electron chi connectivity index (χ0n) is 17.4. The highest BCUT2D eigenvalue weighted by atomic mass is 19.4. The fourth-order valence-electron chi connectivity index (χ4n) is 4.05. The van der Waals surface area contributed by atoms with Gasteiger partial charge in [0, 0.05) is 18.8 Å². The van der Waals surface area contributed by atoms with Crippen molar-refractivity contribution in [1.29, 1.82) is 0 Å². The average molecular weight is 455 g/mol. The lowest BCUT2D eigenvalue weighted by Gasteiger charge is -2.12. The lowest BCUT2D eigenvalue weighted by molar-refractivity contribution is -0.137. The molecule has 0 unspecified atom stereocenters. The number of hydrogen-bond acceptors (Lipinski definition) is 5. The number of rotatable bonds is 4. The van der Waals surface area contributed by atoms with Gasteiger partial charge in [0.25, 0.3) is 5.91 Å². The van der Waals surface area contributed by atoms with Crippen LogP contribution in [0.3, 0.4) is 0 Å². The Bertz CT molecular complexity index is 1340. The number of hydrogen-bond donors (Lipinski definition) is 2. The number of ether oxygens (including phenoxy) is 1. The molecule has 1 aliphatic heterocycles. The van der Waals surface area contributed by atoms with Crippen molar-refractivity contribution in [3.8, 4) is 5.69 Å². The molecule has 170 valence electrons. The summed E-state index contributed by atoms with van der Waals surface area (Å²) >= 11 is 0. The second-order valence-corrected chi connectivity index (χ2v) is 7.87. The zero-order chi connectivity index (χ0) is 23.2. The third-order valence-corrected chi connectivity index (χ3v) is 5.69. The molecule has 3 N–H and O–H groups in total. The summed E-state index contributed by atoms with van der Waals surface area (Å²) in [6, 6.07) is 11.6. The molecule has 1 amide bonds. The Morgan fingerprint density at radius 3 is 2.45 bits per heavy atom. The fourth-order valence-corrected chi connectivity index (χ4v) is 4.05. The van der Waals surface area contributed by atoms with Crippen LogP contribution in [0.1, 0.15) is 28.8 Å². The van der Waals surface area contributed by atoms with E-state index in [1.807, 2.05) is 0 Å². The number of alkyl halides is 3. The number of anilines is 1. The first-order valence-corrected chi connectivity index (χ1v) is 10.5. The first-order chi connectivity index (χ1) is 15.8. The first-order valence-electron chi connectivity index (χ1n) is 10.5. The van der Waals surface area contributed by atoms with Crippen LogP contribution in [0.4, 0.5) is 19.0 Å². The number of aromatic nitrogens is 3. The van der Waals surface area contributed by atoms with Crippen LogP contribution in [-0.2, 0) is 10.9 Å². The van der Waals surface area contributed by atoms with Crippen molar-refractivity contribution in [2.24, 2.45) is 0 Å². The van der Waals surface area contributed by atoms with Gasteiger partial charge in [0.05, 0.1) is 22.7 Å². The van der Waals surface area contributed by atoms with Crippen molar-refractivity contribution < 1.29 is 22.7 Å². The summed E-state index contributed by atoms with van der Waals surface area (Å²) in [6.07, 6.45) is -2.74. The van der Waals surface area contributed by atoms with E-state index in [0.29, 0.717) is 29.9 Å². The van der Waals surface area contributed by atoms with Crippen molar-refractivity contribution in [1.82, 2.24) is 19.9 Å².